The van der Waals surface area contributed by atoms with Crippen LogP contribution in [0.5, 0.6) is 11.5 Å². The van der Waals surface area contributed by atoms with Gasteiger partial charge in [-0.25, -0.2) is 0 Å². The number of methoxy groups -OCH3 is 2. The Bertz CT molecular complexity index is 904. The van der Waals surface area contributed by atoms with Crippen molar-refractivity contribution in [1.82, 2.24) is 10.6 Å². The highest BCUT2D eigenvalue weighted by molar-refractivity contribution is 6.06. The van der Waals surface area contributed by atoms with Crippen molar-refractivity contribution in [2.45, 2.75) is 13.0 Å². The molecule has 152 valence electrons. The van der Waals surface area contributed by atoms with Crippen LogP contribution >= 0.6 is 0 Å². The Hall–Kier alpha value is -3.81. The second-order valence-electron chi connectivity index (χ2n) is 6.05. The maximum absolute atomic E-state index is 12.6. The molecule has 2 aromatic carbocycles. The molecule has 0 aromatic heterocycles. The molecule has 8 heteroatoms. The van der Waals surface area contributed by atoms with Gasteiger partial charge in [0.1, 0.15) is 23.2 Å². The number of carbonyl (C=O) groups excluding carboxylic acids is 2. The molecule has 0 heterocycles. The molecule has 1 unspecified atom stereocenters. The van der Waals surface area contributed by atoms with E-state index in [9.17, 15) is 14.4 Å². The van der Waals surface area contributed by atoms with Crippen LogP contribution in [-0.2, 0) is 9.59 Å². The fourth-order valence-corrected chi connectivity index (χ4v) is 2.30. The van der Waals surface area contributed by atoms with Crippen molar-refractivity contribution in [3.8, 4) is 11.5 Å². The standard InChI is InChI=1S/C21H22N2O6/c1-13(21(26)27)22-20(25)18(12-14-4-8-16(28-2)9-5-14)23-19(24)15-6-10-17(29-3)11-7-15/h4-13H,1-3H3,(H,22,25)(H,23,24)(H,26,27)/b18-12-. The van der Waals surface area contributed by atoms with Gasteiger partial charge in [0.2, 0.25) is 0 Å². The number of ether oxygens (including phenoxy) is 2. The predicted octanol–water partition coefficient (Wildman–Crippen LogP) is 2.06. The first-order valence-electron chi connectivity index (χ1n) is 8.69. The summed E-state index contributed by atoms with van der Waals surface area (Å²) < 4.78 is 10.2. The molecule has 0 radical (unpaired) electrons. The molecule has 0 aliphatic rings. The van der Waals surface area contributed by atoms with E-state index in [2.05, 4.69) is 10.6 Å². The van der Waals surface area contributed by atoms with Gasteiger partial charge in [-0.05, 0) is 55.0 Å². The number of hydrogen-bond acceptors (Lipinski definition) is 5. The van der Waals surface area contributed by atoms with Crippen molar-refractivity contribution < 1.29 is 29.0 Å². The van der Waals surface area contributed by atoms with Gasteiger partial charge < -0.3 is 25.2 Å². The highest BCUT2D eigenvalue weighted by Gasteiger charge is 2.19. The van der Waals surface area contributed by atoms with E-state index < -0.39 is 23.8 Å². The first kappa shape index (κ1) is 21.5. The van der Waals surface area contributed by atoms with E-state index in [1.807, 2.05) is 0 Å². The van der Waals surface area contributed by atoms with Gasteiger partial charge in [0.15, 0.2) is 0 Å². The number of nitrogens with one attached hydrogen (secondary N) is 2. The van der Waals surface area contributed by atoms with Crippen molar-refractivity contribution >= 4 is 23.9 Å². The van der Waals surface area contributed by atoms with Crippen molar-refractivity contribution in [1.29, 1.82) is 0 Å². The van der Waals surface area contributed by atoms with Crippen LogP contribution in [0, 0.1) is 0 Å². The largest absolute Gasteiger partial charge is 0.497 e. The van der Waals surface area contributed by atoms with E-state index >= 15 is 0 Å². The normalized spacial score (nSPS) is 11.9. The minimum Gasteiger partial charge on any atom is -0.497 e. The van der Waals surface area contributed by atoms with E-state index in [-0.39, 0.29) is 5.70 Å². The van der Waals surface area contributed by atoms with Crippen LogP contribution in [0.25, 0.3) is 6.08 Å². The number of amides is 2. The summed E-state index contributed by atoms with van der Waals surface area (Å²) in [6.45, 7) is 1.33. The van der Waals surface area contributed by atoms with Gasteiger partial charge in [0, 0.05) is 5.56 Å². The maximum Gasteiger partial charge on any atom is 0.325 e. The van der Waals surface area contributed by atoms with Crippen LogP contribution in [0.15, 0.2) is 54.2 Å². The average molecular weight is 398 g/mol. The molecule has 0 saturated carbocycles. The lowest BCUT2D eigenvalue weighted by Gasteiger charge is -2.14. The molecule has 29 heavy (non-hydrogen) atoms. The highest BCUT2D eigenvalue weighted by Crippen LogP contribution is 2.15. The molecule has 0 aliphatic carbocycles. The minimum absolute atomic E-state index is 0.0934. The Labute approximate surface area is 168 Å². The molecular weight excluding hydrogens is 376 g/mol. The third-order valence-corrected chi connectivity index (χ3v) is 3.99. The van der Waals surface area contributed by atoms with Crippen LogP contribution < -0.4 is 20.1 Å². The molecule has 0 aliphatic heterocycles. The summed E-state index contributed by atoms with van der Waals surface area (Å²) in [5.74, 6) is -1.22. The number of carbonyl (C=O) groups is 3. The van der Waals surface area contributed by atoms with E-state index in [0.29, 0.717) is 22.6 Å². The first-order chi connectivity index (χ1) is 13.8. The molecule has 1 atom stereocenters. The number of carboxylic acid groups (broad SMARTS) is 1. The van der Waals surface area contributed by atoms with Gasteiger partial charge in [0.05, 0.1) is 14.2 Å². The zero-order valence-corrected chi connectivity index (χ0v) is 16.3. The van der Waals surface area contributed by atoms with Gasteiger partial charge in [-0.3, -0.25) is 14.4 Å². The molecule has 2 rings (SSSR count). The highest BCUT2D eigenvalue weighted by atomic mass is 16.5. The molecule has 0 saturated heterocycles. The molecule has 0 bridgehead atoms. The van der Waals surface area contributed by atoms with Gasteiger partial charge in [-0.2, -0.15) is 0 Å². The quantitative estimate of drug-likeness (QED) is 0.587. The van der Waals surface area contributed by atoms with E-state index in [1.165, 1.54) is 27.2 Å². The predicted molar refractivity (Wildman–Crippen MR) is 107 cm³/mol. The Morgan fingerprint density at radius 3 is 1.93 bits per heavy atom. The summed E-state index contributed by atoms with van der Waals surface area (Å²) in [5, 5.41) is 13.9. The number of aliphatic carboxylic acids is 1. The fraction of sp³-hybridized carbons (Fsp3) is 0.190. The monoisotopic (exact) mass is 398 g/mol. The minimum atomic E-state index is -1.19. The van der Waals surface area contributed by atoms with Gasteiger partial charge >= 0.3 is 5.97 Å². The van der Waals surface area contributed by atoms with Crippen LogP contribution in [0.4, 0.5) is 0 Å². The van der Waals surface area contributed by atoms with E-state index in [4.69, 9.17) is 14.6 Å². The van der Waals surface area contributed by atoms with Crippen molar-refractivity contribution in [2.24, 2.45) is 0 Å². The zero-order valence-electron chi connectivity index (χ0n) is 16.3. The topological polar surface area (TPSA) is 114 Å². The van der Waals surface area contributed by atoms with Gasteiger partial charge in [-0.1, -0.05) is 12.1 Å². The molecule has 2 aromatic rings. The van der Waals surface area contributed by atoms with Gasteiger partial charge in [-0.15, -0.1) is 0 Å². The summed E-state index contributed by atoms with van der Waals surface area (Å²) in [7, 11) is 3.05. The fourth-order valence-electron chi connectivity index (χ4n) is 2.30. The molecule has 0 fully saturated rings. The SMILES string of the molecule is COc1ccc(/C=C(\NC(=O)c2ccc(OC)cc2)C(=O)NC(C)C(=O)O)cc1. The molecule has 2 amide bonds. The van der Waals surface area contributed by atoms with Crippen LogP contribution in [-0.4, -0.2) is 43.2 Å². The van der Waals surface area contributed by atoms with Crippen molar-refractivity contribution in [3.05, 3.63) is 65.4 Å². The Balaban J connectivity index is 2.29. The summed E-state index contributed by atoms with van der Waals surface area (Å²) in [6.07, 6.45) is 1.45. The Morgan fingerprint density at radius 1 is 0.931 bits per heavy atom. The third kappa shape index (κ3) is 6.10. The summed E-state index contributed by atoms with van der Waals surface area (Å²) in [5.41, 5.74) is 0.837. The third-order valence-electron chi connectivity index (χ3n) is 3.99. The van der Waals surface area contributed by atoms with E-state index in [1.54, 1.807) is 48.5 Å². The van der Waals surface area contributed by atoms with Crippen LogP contribution in [0.2, 0.25) is 0 Å². The number of hydrogen-bond donors (Lipinski definition) is 3. The number of carboxylic acids is 1. The second kappa shape index (κ2) is 9.93. The molecular formula is C21H22N2O6. The smallest absolute Gasteiger partial charge is 0.325 e. The van der Waals surface area contributed by atoms with Crippen molar-refractivity contribution in [3.63, 3.8) is 0 Å². The Kier molecular flexibility index (Phi) is 7.36. The summed E-state index contributed by atoms with van der Waals surface area (Å²) in [6, 6.07) is 12.0. The maximum atomic E-state index is 12.6. The molecule has 8 nitrogen and oxygen atoms in total. The molecule has 3 N–H and O–H groups in total. The number of rotatable bonds is 8. The second-order valence-corrected chi connectivity index (χ2v) is 6.05. The van der Waals surface area contributed by atoms with Gasteiger partial charge in [0.25, 0.3) is 11.8 Å². The lowest BCUT2D eigenvalue weighted by Crippen LogP contribution is -2.42. The zero-order chi connectivity index (χ0) is 21.4. The lowest BCUT2D eigenvalue weighted by atomic mass is 10.1. The van der Waals surface area contributed by atoms with Crippen LogP contribution in [0.1, 0.15) is 22.8 Å². The summed E-state index contributed by atoms with van der Waals surface area (Å²) >= 11 is 0. The van der Waals surface area contributed by atoms with Crippen LogP contribution in [0.3, 0.4) is 0 Å². The average Bonchev–Trinajstić information content (AvgIpc) is 2.73. The number of benzene rings is 2. The summed E-state index contributed by atoms with van der Waals surface area (Å²) in [4.78, 5) is 36.2. The van der Waals surface area contributed by atoms with Crippen molar-refractivity contribution in [2.75, 3.05) is 14.2 Å². The lowest BCUT2D eigenvalue weighted by molar-refractivity contribution is -0.140. The Morgan fingerprint density at radius 2 is 1.45 bits per heavy atom. The first-order valence-corrected chi connectivity index (χ1v) is 8.69. The van der Waals surface area contributed by atoms with E-state index in [0.717, 1.165) is 0 Å². The molecule has 0 spiro atoms.